The molecular formula is C21H22N2O5S. The molecule has 1 aliphatic heterocycles. The largest absolute Gasteiger partial charge is 0.478 e. The predicted molar refractivity (Wildman–Crippen MR) is 109 cm³/mol. The van der Waals surface area contributed by atoms with Gasteiger partial charge in [-0.3, -0.25) is 9.52 Å². The van der Waals surface area contributed by atoms with Crippen molar-refractivity contribution in [3.63, 3.8) is 0 Å². The van der Waals surface area contributed by atoms with E-state index >= 15 is 0 Å². The first-order valence-corrected chi connectivity index (χ1v) is 11.2. The highest BCUT2D eigenvalue weighted by molar-refractivity contribution is 7.92. The van der Waals surface area contributed by atoms with Gasteiger partial charge in [0, 0.05) is 24.3 Å². The van der Waals surface area contributed by atoms with Crippen molar-refractivity contribution in [2.24, 2.45) is 0 Å². The van der Waals surface area contributed by atoms with Gasteiger partial charge in [-0.25, -0.2) is 13.2 Å². The fourth-order valence-corrected chi connectivity index (χ4v) is 5.43. The first-order valence-electron chi connectivity index (χ1n) is 9.67. The van der Waals surface area contributed by atoms with Gasteiger partial charge in [0.2, 0.25) is 5.91 Å². The summed E-state index contributed by atoms with van der Waals surface area (Å²) in [7, 11) is -3.95. The van der Waals surface area contributed by atoms with Crippen LogP contribution < -0.4 is 9.62 Å². The molecule has 1 heterocycles. The second-order valence-corrected chi connectivity index (χ2v) is 9.08. The average Bonchev–Trinajstić information content (AvgIpc) is 3.13. The summed E-state index contributed by atoms with van der Waals surface area (Å²) in [5.74, 6) is -1.08. The van der Waals surface area contributed by atoms with Gasteiger partial charge in [-0.15, -0.1) is 0 Å². The smallest absolute Gasteiger partial charge is 0.335 e. The molecule has 0 radical (unpaired) electrons. The van der Waals surface area contributed by atoms with Crippen molar-refractivity contribution in [3.05, 3.63) is 53.1 Å². The summed E-state index contributed by atoms with van der Waals surface area (Å²) in [6.07, 6.45) is 4.43. The van der Waals surface area contributed by atoms with Crippen LogP contribution >= 0.6 is 0 Å². The second kappa shape index (κ2) is 7.51. The maximum Gasteiger partial charge on any atom is 0.335 e. The minimum Gasteiger partial charge on any atom is -0.478 e. The Hall–Kier alpha value is -2.87. The van der Waals surface area contributed by atoms with E-state index in [0.717, 1.165) is 30.5 Å². The topological polar surface area (TPSA) is 104 Å². The molecule has 0 aromatic heterocycles. The molecule has 2 aromatic rings. The van der Waals surface area contributed by atoms with Gasteiger partial charge in [0.1, 0.15) is 0 Å². The monoisotopic (exact) mass is 414 g/mol. The summed E-state index contributed by atoms with van der Waals surface area (Å²) in [5, 5.41) is 9.37. The molecule has 1 amide bonds. The Balaban J connectivity index is 1.64. The van der Waals surface area contributed by atoms with E-state index in [1.54, 1.807) is 35.2 Å². The SMILES string of the molecule is O=C(O)c1cc2c(c(S(=O)(=O)Nc3ccc(N4CCCC4=O)cc3)c1)CCCC2. The summed E-state index contributed by atoms with van der Waals surface area (Å²) in [6, 6.07) is 9.48. The van der Waals surface area contributed by atoms with Crippen LogP contribution in [0.4, 0.5) is 11.4 Å². The number of hydrogen-bond acceptors (Lipinski definition) is 4. The van der Waals surface area contributed by atoms with Gasteiger partial charge in [0.25, 0.3) is 10.0 Å². The van der Waals surface area contributed by atoms with Crippen LogP contribution in [0.5, 0.6) is 0 Å². The summed E-state index contributed by atoms with van der Waals surface area (Å²) in [6.45, 7) is 0.665. The Labute approximate surface area is 169 Å². The Morgan fingerprint density at radius 1 is 1.00 bits per heavy atom. The fourth-order valence-electron chi connectivity index (χ4n) is 4.03. The first kappa shape index (κ1) is 19.4. The lowest BCUT2D eigenvalue weighted by molar-refractivity contribution is -0.117. The molecule has 2 N–H and O–H groups in total. The van der Waals surface area contributed by atoms with E-state index in [-0.39, 0.29) is 16.4 Å². The molecule has 1 fully saturated rings. The highest BCUT2D eigenvalue weighted by Gasteiger charge is 2.26. The molecule has 2 aromatic carbocycles. The molecule has 0 bridgehead atoms. The van der Waals surface area contributed by atoms with Crippen molar-refractivity contribution < 1.29 is 23.1 Å². The minimum absolute atomic E-state index is 0.0195. The average molecular weight is 414 g/mol. The molecule has 0 atom stereocenters. The molecule has 1 saturated heterocycles. The zero-order valence-electron chi connectivity index (χ0n) is 15.8. The number of nitrogens with one attached hydrogen (secondary N) is 1. The number of aryl methyl sites for hydroxylation is 1. The van der Waals surface area contributed by atoms with Crippen molar-refractivity contribution in [2.45, 2.75) is 43.4 Å². The van der Waals surface area contributed by atoms with Crippen LogP contribution in [0, 0.1) is 0 Å². The Bertz CT molecular complexity index is 1080. The van der Waals surface area contributed by atoms with Gasteiger partial charge < -0.3 is 10.0 Å². The number of benzene rings is 2. The molecule has 0 unspecified atom stereocenters. The molecule has 4 rings (SSSR count). The van der Waals surface area contributed by atoms with Gasteiger partial charge in [0.15, 0.2) is 0 Å². The summed E-state index contributed by atoms with van der Waals surface area (Å²) >= 11 is 0. The van der Waals surface area contributed by atoms with Crippen LogP contribution in [0.2, 0.25) is 0 Å². The summed E-state index contributed by atoms with van der Waals surface area (Å²) in [4.78, 5) is 25.0. The maximum absolute atomic E-state index is 13.1. The quantitative estimate of drug-likeness (QED) is 0.782. The van der Waals surface area contributed by atoms with Crippen LogP contribution in [0.25, 0.3) is 0 Å². The molecule has 1 aliphatic carbocycles. The van der Waals surface area contributed by atoms with E-state index in [2.05, 4.69) is 4.72 Å². The highest BCUT2D eigenvalue weighted by atomic mass is 32.2. The summed E-state index contributed by atoms with van der Waals surface area (Å²) < 4.78 is 28.7. The van der Waals surface area contributed by atoms with E-state index in [4.69, 9.17) is 0 Å². The number of anilines is 2. The zero-order chi connectivity index (χ0) is 20.6. The molecule has 0 spiro atoms. The number of carboxylic acids is 1. The number of carboxylic acid groups (broad SMARTS) is 1. The van der Waals surface area contributed by atoms with Crippen LogP contribution in [0.1, 0.15) is 47.2 Å². The molecule has 7 nitrogen and oxygen atoms in total. The highest BCUT2D eigenvalue weighted by Crippen LogP contribution is 2.31. The third-order valence-corrected chi connectivity index (χ3v) is 6.91. The lowest BCUT2D eigenvalue weighted by atomic mass is 9.90. The number of carbonyl (C=O) groups is 2. The first-order chi connectivity index (χ1) is 13.8. The minimum atomic E-state index is -3.95. The van der Waals surface area contributed by atoms with Crippen molar-refractivity contribution in [3.8, 4) is 0 Å². The Morgan fingerprint density at radius 3 is 2.38 bits per heavy atom. The Morgan fingerprint density at radius 2 is 1.72 bits per heavy atom. The van der Waals surface area contributed by atoms with E-state index in [0.29, 0.717) is 37.1 Å². The van der Waals surface area contributed by atoms with E-state index in [9.17, 15) is 23.1 Å². The summed E-state index contributed by atoms with van der Waals surface area (Å²) in [5.41, 5.74) is 2.58. The van der Waals surface area contributed by atoms with E-state index in [1.165, 1.54) is 6.07 Å². The number of fused-ring (bicyclic) bond motifs is 1. The molecular weight excluding hydrogens is 392 g/mol. The van der Waals surface area contributed by atoms with Crippen LogP contribution in [-0.4, -0.2) is 31.9 Å². The fraction of sp³-hybridized carbons (Fsp3) is 0.333. The standard InChI is InChI=1S/C21H22N2O5S/c24-20-6-3-11-23(20)17-9-7-16(8-10-17)22-29(27,28)19-13-15(21(25)26)12-14-4-1-2-5-18(14)19/h7-10,12-13,22H,1-6,11H2,(H,25,26). The number of amides is 1. The van der Waals surface area contributed by atoms with Crippen LogP contribution in [-0.2, 0) is 27.7 Å². The van der Waals surface area contributed by atoms with E-state index < -0.39 is 16.0 Å². The molecule has 8 heteroatoms. The van der Waals surface area contributed by atoms with Crippen molar-refractivity contribution in [2.75, 3.05) is 16.2 Å². The third kappa shape index (κ3) is 3.85. The Kier molecular flexibility index (Phi) is 5.04. The molecule has 2 aliphatic rings. The molecule has 29 heavy (non-hydrogen) atoms. The number of nitrogens with zero attached hydrogens (tertiary/aromatic N) is 1. The third-order valence-electron chi connectivity index (χ3n) is 5.47. The normalized spacial score (nSPS) is 16.6. The maximum atomic E-state index is 13.1. The number of hydrogen-bond donors (Lipinski definition) is 2. The van der Waals surface area contributed by atoms with Gasteiger partial charge in [0.05, 0.1) is 10.5 Å². The van der Waals surface area contributed by atoms with Crippen molar-refractivity contribution in [1.82, 2.24) is 0 Å². The lowest BCUT2D eigenvalue weighted by Crippen LogP contribution is -2.23. The number of rotatable bonds is 5. The van der Waals surface area contributed by atoms with Crippen LogP contribution in [0.15, 0.2) is 41.3 Å². The predicted octanol–water partition coefficient (Wildman–Crippen LogP) is 3.19. The van der Waals surface area contributed by atoms with E-state index in [1.807, 2.05) is 0 Å². The van der Waals surface area contributed by atoms with Crippen molar-refractivity contribution >= 4 is 33.3 Å². The van der Waals surface area contributed by atoms with Crippen LogP contribution in [0.3, 0.4) is 0 Å². The zero-order valence-corrected chi connectivity index (χ0v) is 16.7. The number of carbonyl (C=O) groups excluding carboxylic acids is 1. The van der Waals surface area contributed by atoms with Gasteiger partial charge in [-0.2, -0.15) is 0 Å². The molecule has 152 valence electrons. The van der Waals surface area contributed by atoms with Gasteiger partial charge in [-0.1, -0.05) is 0 Å². The van der Waals surface area contributed by atoms with Crippen molar-refractivity contribution in [1.29, 1.82) is 0 Å². The molecule has 0 saturated carbocycles. The number of aromatic carboxylic acids is 1. The second-order valence-electron chi connectivity index (χ2n) is 7.43. The lowest BCUT2D eigenvalue weighted by Gasteiger charge is -2.21. The van der Waals surface area contributed by atoms with Gasteiger partial charge >= 0.3 is 5.97 Å². The number of sulfonamides is 1. The van der Waals surface area contributed by atoms with Gasteiger partial charge in [-0.05, 0) is 79.6 Å².